The molecule has 5 nitrogen and oxygen atoms in total. The maximum absolute atomic E-state index is 11.9. The largest absolute Gasteiger partial charge is 0.323 e. The Hall–Kier alpha value is -2.44. The van der Waals surface area contributed by atoms with Gasteiger partial charge in [0.1, 0.15) is 0 Å². The molecule has 2 aromatic rings. The zero-order valence-electron chi connectivity index (χ0n) is 13.6. The summed E-state index contributed by atoms with van der Waals surface area (Å²) in [5, 5.41) is 2.78. The highest BCUT2D eigenvalue weighted by Crippen LogP contribution is 2.12. The molecule has 0 saturated heterocycles. The molecule has 0 aliphatic heterocycles. The standard InChI is InChI=1S/C18H20N2O3S/c1-3-14-4-9-16(10-5-14)20-18(21)13-8-15-6-11-17(12-7-15)24(22,23)19-2/h4-13,19H,3H2,1-2H3,(H,20,21)/b13-8+. The smallest absolute Gasteiger partial charge is 0.248 e. The minimum atomic E-state index is -3.45. The second kappa shape index (κ2) is 7.90. The van der Waals surface area contributed by atoms with Crippen LogP contribution >= 0.6 is 0 Å². The van der Waals surface area contributed by atoms with Crippen molar-refractivity contribution in [1.82, 2.24) is 4.72 Å². The van der Waals surface area contributed by atoms with E-state index < -0.39 is 10.0 Å². The third-order valence-corrected chi connectivity index (χ3v) is 4.95. The summed E-state index contributed by atoms with van der Waals surface area (Å²) in [7, 11) is -2.08. The first-order valence-corrected chi connectivity index (χ1v) is 9.04. The van der Waals surface area contributed by atoms with Crippen LogP contribution in [0.4, 0.5) is 5.69 Å². The third kappa shape index (κ3) is 4.78. The summed E-state index contributed by atoms with van der Waals surface area (Å²) in [5.74, 6) is -0.244. The number of benzene rings is 2. The van der Waals surface area contributed by atoms with Gasteiger partial charge < -0.3 is 5.32 Å². The van der Waals surface area contributed by atoms with Gasteiger partial charge in [-0.25, -0.2) is 13.1 Å². The van der Waals surface area contributed by atoms with Crippen molar-refractivity contribution in [3.8, 4) is 0 Å². The summed E-state index contributed by atoms with van der Waals surface area (Å²) < 4.78 is 25.5. The predicted octanol–water partition coefficient (Wildman–Crippen LogP) is 2.81. The fraction of sp³-hybridized carbons (Fsp3) is 0.167. The van der Waals surface area contributed by atoms with Gasteiger partial charge in [-0.3, -0.25) is 4.79 Å². The monoisotopic (exact) mass is 344 g/mol. The number of hydrogen-bond donors (Lipinski definition) is 2. The summed E-state index contributed by atoms with van der Waals surface area (Å²) >= 11 is 0. The number of amides is 1. The topological polar surface area (TPSA) is 75.3 Å². The number of anilines is 1. The number of sulfonamides is 1. The molecule has 0 saturated carbocycles. The van der Waals surface area contributed by atoms with Crippen LogP contribution in [0.1, 0.15) is 18.1 Å². The first kappa shape index (κ1) is 17.9. The molecule has 1 amide bonds. The fourth-order valence-corrected chi connectivity index (χ4v) is 2.79. The van der Waals surface area contributed by atoms with Gasteiger partial charge in [0, 0.05) is 11.8 Å². The number of carbonyl (C=O) groups excluding carboxylic acids is 1. The number of carbonyl (C=O) groups is 1. The lowest BCUT2D eigenvalue weighted by Crippen LogP contribution is -2.18. The van der Waals surface area contributed by atoms with Gasteiger partial charge >= 0.3 is 0 Å². The van der Waals surface area contributed by atoms with E-state index in [1.165, 1.54) is 30.8 Å². The summed E-state index contributed by atoms with van der Waals surface area (Å²) in [4.78, 5) is 12.1. The molecule has 24 heavy (non-hydrogen) atoms. The summed E-state index contributed by atoms with van der Waals surface area (Å²) in [6.45, 7) is 2.07. The second-order valence-electron chi connectivity index (χ2n) is 5.15. The number of hydrogen-bond acceptors (Lipinski definition) is 3. The van der Waals surface area contributed by atoms with Crippen molar-refractivity contribution in [2.45, 2.75) is 18.2 Å². The van der Waals surface area contributed by atoms with Gasteiger partial charge in [0.05, 0.1) is 4.90 Å². The molecule has 2 aromatic carbocycles. The third-order valence-electron chi connectivity index (χ3n) is 3.52. The van der Waals surface area contributed by atoms with Crippen molar-refractivity contribution in [3.05, 3.63) is 65.7 Å². The van der Waals surface area contributed by atoms with E-state index in [-0.39, 0.29) is 10.8 Å². The molecule has 0 aliphatic carbocycles. The molecule has 0 aromatic heterocycles. The molecular formula is C18H20N2O3S. The van der Waals surface area contributed by atoms with Gasteiger partial charge in [-0.05, 0) is 54.9 Å². The Morgan fingerprint density at radius 2 is 1.67 bits per heavy atom. The van der Waals surface area contributed by atoms with Crippen LogP contribution in [0, 0.1) is 0 Å². The van der Waals surface area contributed by atoms with Crippen LogP contribution in [0.5, 0.6) is 0 Å². The van der Waals surface area contributed by atoms with Crippen LogP contribution in [0.2, 0.25) is 0 Å². The van der Waals surface area contributed by atoms with Crippen LogP contribution in [0.25, 0.3) is 6.08 Å². The van der Waals surface area contributed by atoms with Crippen LogP contribution in [-0.4, -0.2) is 21.4 Å². The minimum absolute atomic E-state index is 0.183. The average Bonchev–Trinajstić information content (AvgIpc) is 2.61. The van der Waals surface area contributed by atoms with E-state index in [9.17, 15) is 13.2 Å². The van der Waals surface area contributed by atoms with Crippen molar-refractivity contribution in [1.29, 1.82) is 0 Å². The fourth-order valence-electron chi connectivity index (χ4n) is 2.06. The molecule has 126 valence electrons. The molecular weight excluding hydrogens is 324 g/mol. The zero-order chi connectivity index (χ0) is 17.6. The Balaban J connectivity index is 2.00. The first-order valence-electron chi connectivity index (χ1n) is 7.56. The second-order valence-corrected chi connectivity index (χ2v) is 7.04. The van der Waals surface area contributed by atoms with E-state index >= 15 is 0 Å². The normalized spacial score (nSPS) is 11.6. The lowest BCUT2D eigenvalue weighted by molar-refractivity contribution is -0.111. The summed E-state index contributed by atoms with van der Waals surface area (Å²) in [5.41, 5.74) is 2.68. The van der Waals surface area contributed by atoms with Crippen molar-refractivity contribution in [2.75, 3.05) is 12.4 Å². The highest BCUT2D eigenvalue weighted by Gasteiger charge is 2.09. The minimum Gasteiger partial charge on any atom is -0.323 e. The molecule has 0 aliphatic rings. The number of nitrogens with one attached hydrogen (secondary N) is 2. The molecule has 0 atom stereocenters. The van der Waals surface area contributed by atoms with Crippen molar-refractivity contribution >= 4 is 27.7 Å². The van der Waals surface area contributed by atoms with E-state index in [0.717, 1.165) is 17.7 Å². The molecule has 0 fully saturated rings. The van der Waals surface area contributed by atoms with Gasteiger partial charge in [-0.1, -0.05) is 31.2 Å². The maximum atomic E-state index is 11.9. The molecule has 0 radical (unpaired) electrons. The van der Waals surface area contributed by atoms with Gasteiger partial charge in [0.2, 0.25) is 15.9 Å². The summed E-state index contributed by atoms with van der Waals surface area (Å²) in [6.07, 6.45) is 3.99. The van der Waals surface area contributed by atoms with E-state index in [0.29, 0.717) is 0 Å². The molecule has 0 unspecified atom stereocenters. The Morgan fingerprint density at radius 3 is 2.21 bits per heavy atom. The number of rotatable bonds is 6. The van der Waals surface area contributed by atoms with E-state index in [1.807, 2.05) is 24.3 Å². The highest BCUT2D eigenvalue weighted by molar-refractivity contribution is 7.89. The highest BCUT2D eigenvalue weighted by atomic mass is 32.2. The number of aryl methyl sites for hydroxylation is 1. The lowest BCUT2D eigenvalue weighted by atomic mass is 10.1. The van der Waals surface area contributed by atoms with E-state index in [1.54, 1.807) is 18.2 Å². The Morgan fingerprint density at radius 1 is 1.04 bits per heavy atom. The molecule has 0 heterocycles. The Kier molecular flexibility index (Phi) is 5.89. The molecule has 0 bridgehead atoms. The lowest BCUT2D eigenvalue weighted by Gasteiger charge is -2.04. The molecule has 2 N–H and O–H groups in total. The van der Waals surface area contributed by atoms with E-state index in [4.69, 9.17) is 0 Å². The van der Waals surface area contributed by atoms with Gasteiger partial charge in [0.25, 0.3) is 0 Å². The first-order chi connectivity index (χ1) is 11.4. The Labute approximate surface area is 142 Å². The average molecular weight is 344 g/mol. The van der Waals surface area contributed by atoms with Crippen LogP contribution in [0.3, 0.4) is 0 Å². The van der Waals surface area contributed by atoms with Crippen LogP contribution < -0.4 is 10.0 Å². The zero-order valence-corrected chi connectivity index (χ0v) is 14.4. The van der Waals surface area contributed by atoms with Gasteiger partial charge in [-0.2, -0.15) is 0 Å². The quantitative estimate of drug-likeness (QED) is 0.791. The molecule has 2 rings (SSSR count). The van der Waals surface area contributed by atoms with Crippen molar-refractivity contribution in [3.63, 3.8) is 0 Å². The SMILES string of the molecule is CCc1ccc(NC(=O)/C=C/c2ccc(S(=O)(=O)NC)cc2)cc1. The van der Waals surface area contributed by atoms with E-state index in [2.05, 4.69) is 17.0 Å². The van der Waals surface area contributed by atoms with Gasteiger partial charge in [-0.15, -0.1) is 0 Å². The molecule has 6 heteroatoms. The molecule has 0 spiro atoms. The van der Waals surface area contributed by atoms with Crippen LogP contribution in [-0.2, 0) is 21.2 Å². The van der Waals surface area contributed by atoms with Gasteiger partial charge in [0.15, 0.2) is 0 Å². The predicted molar refractivity (Wildman–Crippen MR) is 96.2 cm³/mol. The van der Waals surface area contributed by atoms with Crippen molar-refractivity contribution < 1.29 is 13.2 Å². The van der Waals surface area contributed by atoms with Crippen molar-refractivity contribution in [2.24, 2.45) is 0 Å². The summed E-state index contributed by atoms with van der Waals surface area (Å²) in [6, 6.07) is 13.9. The Bertz CT molecular complexity index is 824. The van der Waals surface area contributed by atoms with Crippen LogP contribution in [0.15, 0.2) is 59.5 Å². The maximum Gasteiger partial charge on any atom is 0.248 e.